The molecule has 0 radical (unpaired) electrons. The van der Waals surface area contributed by atoms with E-state index >= 15 is 0 Å². The Morgan fingerprint density at radius 3 is 2.57 bits per heavy atom. The molecule has 6 heteroatoms. The van der Waals surface area contributed by atoms with E-state index in [0.717, 1.165) is 4.90 Å². The Morgan fingerprint density at radius 1 is 1.22 bits per heavy atom. The maximum Gasteiger partial charge on any atom is 0.296 e. The Labute approximate surface area is 131 Å². The third-order valence-corrected chi connectivity index (χ3v) is 3.64. The van der Waals surface area contributed by atoms with Gasteiger partial charge in [-0.1, -0.05) is 30.3 Å². The van der Waals surface area contributed by atoms with E-state index in [2.05, 4.69) is 0 Å². The number of nitriles is 1. The van der Waals surface area contributed by atoms with E-state index in [1.165, 1.54) is 6.26 Å². The Bertz CT molecular complexity index is 816. The molecule has 23 heavy (non-hydrogen) atoms. The van der Waals surface area contributed by atoms with Crippen LogP contribution in [0.2, 0.25) is 0 Å². The number of likely N-dealkylation sites (tertiary alicyclic amines) is 1. The van der Waals surface area contributed by atoms with E-state index in [1.54, 1.807) is 42.5 Å². The first-order valence-electron chi connectivity index (χ1n) is 6.89. The number of Topliss-reactive ketones (excluding diaryl/α,β-unsaturated/α-hetero) is 1. The Balaban J connectivity index is 2.19. The van der Waals surface area contributed by atoms with Gasteiger partial charge in [-0.2, -0.15) is 5.26 Å². The van der Waals surface area contributed by atoms with Gasteiger partial charge in [-0.05, 0) is 12.1 Å². The third kappa shape index (κ3) is 2.38. The summed E-state index contributed by atoms with van der Waals surface area (Å²) in [6, 6.07) is 12.6. The molecular formula is C17H12N2O4. The molecule has 1 amide bonds. The number of aliphatic hydroxyl groups is 1. The number of hydrogen-bond donors (Lipinski definition) is 1. The summed E-state index contributed by atoms with van der Waals surface area (Å²) in [5.41, 5.74) is 0.338. The van der Waals surface area contributed by atoms with Crippen LogP contribution in [0.25, 0.3) is 5.76 Å². The molecule has 1 saturated heterocycles. The lowest BCUT2D eigenvalue weighted by Crippen LogP contribution is -2.29. The van der Waals surface area contributed by atoms with Crippen LogP contribution in [0.1, 0.15) is 17.4 Å². The van der Waals surface area contributed by atoms with Gasteiger partial charge in [-0.25, -0.2) is 0 Å². The standard InChI is InChI=1S/C17H12N2O4/c18-8-9-19-14(12-7-4-10-23-12)13(16(21)17(19)22)15(20)11-5-2-1-3-6-11/h1-7,10,14,20H,9H2/t14-/m0/s1. The molecule has 6 nitrogen and oxygen atoms in total. The summed E-state index contributed by atoms with van der Waals surface area (Å²) >= 11 is 0. The minimum atomic E-state index is -0.912. The van der Waals surface area contributed by atoms with Gasteiger partial charge in [-0.3, -0.25) is 9.59 Å². The molecule has 0 spiro atoms. The summed E-state index contributed by atoms with van der Waals surface area (Å²) in [5, 5.41) is 19.4. The molecule has 0 aliphatic carbocycles. The molecule has 1 aromatic carbocycles. The van der Waals surface area contributed by atoms with Gasteiger partial charge in [0.15, 0.2) is 0 Å². The lowest BCUT2D eigenvalue weighted by Gasteiger charge is -2.20. The second-order valence-electron chi connectivity index (χ2n) is 4.97. The Hall–Kier alpha value is -3.33. The van der Waals surface area contributed by atoms with Crippen molar-refractivity contribution in [3.63, 3.8) is 0 Å². The highest BCUT2D eigenvalue weighted by Crippen LogP contribution is 2.39. The van der Waals surface area contributed by atoms with Gasteiger partial charge in [-0.15, -0.1) is 0 Å². The van der Waals surface area contributed by atoms with Crippen LogP contribution in [0.5, 0.6) is 0 Å². The molecule has 1 aromatic heterocycles. The predicted molar refractivity (Wildman–Crippen MR) is 79.8 cm³/mol. The number of ketones is 1. The molecule has 0 saturated carbocycles. The quantitative estimate of drug-likeness (QED) is 0.406. The number of carbonyl (C=O) groups is 2. The van der Waals surface area contributed by atoms with Crippen molar-refractivity contribution in [1.29, 1.82) is 5.26 Å². The summed E-state index contributed by atoms with van der Waals surface area (Å²) in [7, 11) is 0. The van der Waals surface area contributed by atoms with Crippen LogP contribution in [0.4, 0.5) is 0 Å². The molecule has 3 rings (SSSR count). The van der Waals surface area contributed by atoms with Crippen molar-refractivity contribution >= 4 is 17.4 Å². The van der Waals surface area contributed by atoms with Gasteiger partial charge in [0.25, 0.3) is 11.7 Å². The van der Waals surface area contributed by atoms with Crippen molar-refractivity contribution in [1.82, 2.24) is 4.90 Å². The van der Waals surface area contributed by atoms with Gasteiger partial charge in [0.05, 0.1) is 17.9 Å². The van der Waals surface area contributed by atoms with E-state index < -0.39 is 17.7 Å². The molecule has 0 bridgehead atoms. The van der Waals surface area contributed by atoms with Crippen molar-refractivity contribution in [2.45, 2.75) is 6.04 Å². The van der Waals surface area contributed by atoms with Gasteiger partial charge < -0.3 is 14.4 Å². The summed E-state index contributed by atoms with van der Waals surface area (Å²) in [4.78, 5) is 25.6. The topological polar surface area (TPSA) is 94.5 Å². The molecule has 2 heterocycles. The minimum absolute atomic E-state index is 0.0774. The minimum Gasteiger partial charge on any atom is -0.507 e. The number of amides is 1. The van der Waals surface area contributed by atoms with Crippen LogP contribution in [-0.2, 0) is 9.59 Å². The van der Waals surface area contributed by atoms with Crippen LogP contribution < -0.4 is 0 Å². The maximum absolute atomic E-state index is 12.4. The monoisotopic (exact) mass is 308 g/mol. The van der Waals surface area contributed by atoms with E-state index in [4.69, 9.17) is 9.68 Å². The van der Waals surface area contributed by atoms with Crippen molar-refractivity contribution in [3.05, 3.63) is 65.6 Å². The molecule has 2 aromatic rings. The molecule has 1 atom stereocenters. The second kappa shape index (κ2) is 5.81. The lowest BCUT2D eigenvalue weighted by atomic mass is 9.99. The van der Waals surface area contributed by atoms with Gasteiger partial charge in [0.2, 0.25) is 0 Å². The normalized spacial score (nSPS) is 19.8. The third-order valence-electron chi connectivity index (χ3n) is 3.64. The number of nitrogens with zero attached hydrogens (tertiary/aromatic N) is 2. The molecule has 114 valence electrons. The number of carbonyl (C=O) groups excluding carboxylic acids is 2. The second-order valence-corrected chi connectivity index (χ2v) is 4.97. The van der Waals surface area contributed by atoms with E-state index in [-0.39, 0.29) is 17.9 Å². The molecule has 0 unspecified atom stereocenters. The first-order valence-corrected chi connectivity index (χ1v) is 6.89. The Kier molecular flexibility index (Phi) is 3.69. The average molecular weight is 308 g/mol. The van der Waals surface area contributed by atoms with E-state index in [1.807, 2.05) is 6.07 Å². The van der Waals surface area contributed by atoms with Crippen LogP contribution in [0, 0.1) is 11.3 Å². The fourth-order valence-electron chi connectivity index (χ4n) is 2.61. The van der Waals surface area contributed by atoms with Crippen molar-refractivity contribution in [3.8, 4) is 6.07 Å². The van der Waals surface area contributed by atoms with Crippen LogP contribution in [0.3, 0.4) is 0 Å². The number of rotatable bonds is 3. The highest BCUT2D eigenvalue weighted by Gasteiger charge is 2.47. The lowest BCUT2D eigenvalue weighted by molar-refractivity contribution is -0.139. The first kappa shape index (κ1) is 14.6. The molecular weight excluding hydrogens is 296 g/mol. The Morgan fingerprint density at radius 2 is 1.96 bits per heavy atom. The smallest absolute Gasteiger partial charge is 0.296 e. The van der Waals surface area contributed by atoms with E-state index in [0.29, 0.717) is 11.3 Å². The molecule has 1 fully saturated rings. The SMILES string of the molecule is N#CCN1C(=O)C(=O)C(=C(O)c2ccccc2)[C@@H]1c1ccco1. The number of furan rings is 1. The summed E-state index contributed by atoms with van der Waals surface area (Å²) in [6.45, 7) is -0.276. The number of aliphatic hydroxyl groups excluding tert-OH is 1. The number of benzene rings is 1. The van der Waals surface area contributed by atoms with E-state index in [9.17, 15) is 14.7 Å². The van der Waals surface area contributed by atoms with Crippen LogP contribution >= 0.6 is 0 Å². The predicted octanol–water partition coefficient (Wildman–Crippen LogP) is 2.22. The zero-order valence-corrected chi connectivity index (χ0v) is 12.0. The fourth-order valence-corrected chi connectivity index (χ4v) is 2.61. The zero-order valence-electron chi connectivity index (χ0n) is 12.0. The average Bonchev–Trinajstić information content (AvgIpc) is 3.18. The molecule has 1 N–H and O–H groups in total. The van der Waals surface area contributed by atoms with Gasteiger partial charge >= 0.3 is 0 Å². The highest BCUT2D eigenvalue weighted by atomic mass is 16.3. The van der Waals surface area contributed by atoms with Gasteiger partial charge in [0, 0.05) is 5.56 Å². The van der Waals surface area contributed by atoms with Crippen molar-refractivity contribution in [2.24, 2.45) is 0 Å². The highest BCUT2D eigenvalue weighted by molar-refractivity contribution is 6.46. The maximum atomic E-state index is 12.4. The molecule has 1 aliphatic heterocycles. The number of hydrogen-bond acceptors (Lipinski definition) is 5. The summed E-state index contributed by atoms with van der Waals surface area (Å²) < 4.78 is 5.31. The van der Waals surface area contributed by atoms with Crippen LogP contribution in [-0.4, -0.2) is 28.2 Å². The molecule has 1 aliphatic rings. The van der Waals surface area contributed by atoms with Gasteiger partial charge in [0.1, 0.15) is 24.1 Å². The van der Waals surface area contributed by atoms with Crippen molar-refractivity contribution in [2.75, 3.05) is 6.54 Å². The first-order chi connectivity index (χ1) is 11.1. The zero-order chi connectivity index (χ0) is 16.4. The largest absolute Gasteiger partial charge is 0.507 e. The summed E-state index contributed by atoms with van der Waals surface area (Å²) in [5.74, 6) is -1.63. The van der Waals surface area contributed by atoms with Crippen molar-refractivity contribution < 1.29 is 19.1 Å². The van der Waals surface area contributed by atoms with Crippen LogP contribution in [0.15, 0.2) is 58.7 Å². The summed E-state index contributed by atoms with van der Waals surface area (Å²) in [6.07, 6.45) is 1.41. The fraction of sp³-hybridized carbons (Fsp3) is 0.118.